The van der Waals surface area contributed by atoms with Gasteiger partial charge in [-0.3, -0.25) is 9.69 Å². The molecule has 1 rings (SSSR count). The van der Waals surface area contributed by atoms with Gasteiger partial charge in [0.1, 0.15) is 6.04 Å². The molecule has 2 atom stereocenters. The molecule has 1 aliphatic rings. The predicted octanol–water partition coefficient (Wildman–Crippen LogP) is 1.19. The van der Waals surface area contributed by atoms with E-state index in [1.807, 2.05) is 6.92 Å². The van der Waals surface area contributed by atoms with Crippen molar-refractivity contribution in [2.75, 3.05) is 13.1 Å². The van der Waals surface area contributed by atoms with E-state index >= 15 is 0 Å². The van der Waals surface area contributed by atoms with E-state index in [0.717, 1.165) is 25.9 Å². The van der Waals surface area contributed by atoms with Crippen LogP contribution in [0.5, 0.6) is 0 Å². The van der Waals surface area contributed by atoms with Crippen molar-refractivity contribution < 1.29 is 9.90 Å². The summed E-state index contributed by atoms with van der Waals surface area (Å²) in [7, 11) is 0. The number of carbonyl (C=O) groups is 1. The Bertz CT molecular complexity index is 170. The molecule has 12 heavy (non-hydrogen) atoms. The zero-order chi connectivity index (χ0) is 9.14. The number of aliphatic carboxylic acids is 1. The van der Waals surface area contributed by atoms with Gasteiger partial charge in [-0.15, -0.1) is 0 Å². The second kappa shape index (κ2) is 3.90. The van der Waals surface area contributed by atoms with E-state index in [-0.39, 0.29) is 6.04 Å². The number of likely N-dealkylation sites (N-methyl/N-ethyl adjacent to an activating group) is 1. The van der Waals surface area contributed by atoms with Crippen LogP contribution in [0.1, 0.15) is 26.7 Å². The van der Waals surface area contributed by atoms with Gasteiger partial charge >= 0.3 is 5.97 Å². The van der Waals surface area contributed by atoms with Crippen molar-refractivity contribution in [3.05, 3.63) is 0 Å². The molecule has 0 radical (unpaired) electrons. The minimum Gasteiger partial charge on any atom is -0.480 e. The second-order valence-corrected chi connectivity index (χ2v) is 3.62. The predicted molar refractivity (Wildman–Crippen MR) is 47.1 cm³/mol. The first-order valence-corrected chi connectivity index (χ1v) is 4.62. The highest BCUT2D eigenvalue weighted by atomic mass is 16.4. The van der Waals surface area contributed by atoms with Gasteiger partial charge in [-0.1, -0.05) is 13.8 Å². The summed E-state index contributed by atoms with van der Waals surface area (Å²) in [6.07, 6.45) is 1.86. The lowest BCUT2D eigenvalue weighted by atomic mass is 9.94. The summed E-state index contributed by atoms with van der Waals surface area (Å²) in [4.78, 5) is 12.8. The molecule has 1 heterocycles. The van der Waals surface area contributed by atoms with Gasteiger partial charge in [0.2, 0.25) is 0 Å². The molecule has 1 fully saturated rings. The monoisotopic (exact) mass is 171 g/mol. The molecule has 70 valence electrons. The molecule has 1 N–H and O–H groups in total. The number of carboxylic acid groups (broad SMARTS) is 1. The number of carboxylic acids is 1. The zero-order valence-electron chi connectivity index (χ0n) is 7.79. The smallest absolute Gasteiger partial charge is 0.320 e. The van der Waals surface area contributed by atoms with Crippen LogP contribution in [0.4, 0.5) is 0 Å². The van der Waals surface area contributed by atoms with Crippen molar-refractivity contribution in [2.24, 2.45) is 5.92 Å². The van der Waals surface area contributed by atoms with Gasteiger partial charge in [0.05, 0.1) is 0 Å². The molecule has 1 aliphatic heterocycles. The van der Waals surface area contributed by atoms with E-state index < -0.39 is 5.97 Å². The molecule has 0 aliphatic carbocycles. The molecule has 2 unspecified atom stereocenters. The molecule has 0 aromatic heterocycles. The summed E-state index contributed by atoms with van der Waals surface area (Å²) in [5, 5.41) is 8.88. The minimum absolute atomic E-state index is 0.230. The van der Waals surface area contributed by atoms with Gasteiger partial charge in [0, 0.05) is 6.54 Å². The molecule has 0 bridgehead atoms. The highest BCUT2D eigenvalue weighted by molar-refractivity contribution is 5.73. The molecule has 0 aromatic rings. The quantitative estimate of drug-likeness (QED) is 0.678. The normalized spacial score (nSPS) is 31.8. The first kappa shape index (κ1) is 9.52. The van der Waals surface area contributed by atoms with Gasteiger partial charge in [-0.05, 0) is 25.3 Å². The molecule has 0 aromatic carbocycles. The maximum absolute atomic E-state index is 10.8. The van der Waals surface area contributed by atoms with Crippen LogP contribution in [0.3, 0.4) is 0 Å². The van der Waals surface area contributed by atoms with Gasteiger partial charge in [-0.2, -0.15) is 0 Å². The molecular weight excluding hydrogens is 154 g/mol. The highest BCUT2D eigenvalue weighted by Crippen LogP contribution is 2.21. The molecular formula is C9H17NO2. The Balaban J connectivity index is 2.56. The molecule has 3 heteroatoms. The first-order chi connectivity index (χ1) is 5.65. The molecule has 3 nitrogen and oxygen atoms in total. The Morgan fingerprint density at radius 3 is 2.75 bits per heavy atom. The Hall–Kier alpha value is -0.570. The topological polar surface area (TPSA) is 40.5 Å². The summed E-state index contributed by atoms with van der Waals surface area (Å²) in [6, 6.07) is -0.230. The Labute approximate surface area is 73.4 Å². The number of likely N-dealkylation sites (tertiary alicyclic amines) is 1. The summed E-state index contributed by atoms with van der Waals surface area (Å²) in [5.41, 5.74) is 0. The number of nitrogens with zero attached hydrogens (tertiary/aromatic N) is 1. The third-order valence-corrected chi connectivity index (χ3v) is 2.61. The second-order valence-electron chi connectivity index (χ2n) is 3.62. The number of hydrogen-bond donors (Lipinski definition) is 1. The van der Waals surface area contributed by atoms with Gasteiger partial charge in [0.25, 0.3) is 0 Å². The Kier molecular flexibility index (Phi) is 3.09. The van der Waals surface area contributed by atoms with E-state index in [1.165, 1.54) is 0 Å². The number of hydrogen-bond acceptors (Lipinski definition) is 2. The van der Waals surface area contributed by atoms with Crippen molar-refractivity contribution in [2.45, 2.75) is 32.7 Å². The van der Waals surface area contributed by atoms with Gasteiger partial charge < -0.3 is 5.11 Å². The van der Waals surface area contributed by atoms with E-state index in [9.17, 15) is 4.79 Å². The molecule has 0 saturated carbocycles. The van der Waals surface area contributed by atoms with Crippen LogP contribution in [0.25, 0.3) is 0 Å². The fraction of sp³-hybridized carbons (Fsp3) is 0.889. The van der Waals surface area contributed by atoms with E-state index in [4.69, 9.17) is 5.11 Å². The summed E-state index contributed by atoms with van der Waals surface area (Å²) in [5.74, 6) is -0.00991. The van der Waals surface area contributed by atoms with Crippen molar-refractivity contribution >= 4 is 5.97 Å². The standard InChI is InChI=1S/C9H17NO2/c1-3-10-6-7(2)4-5-8(10)9(11)12/h7-8H,3-6H2,1-2H3,(H,11,12). The zero-order valence-corrected chi connectivity index (χ0v) is 7.79. The average molecular weight is 171 g/mol. The van der Waals surface area contributed by atoms with Crippen molar-refractivity contribution in [1.82, 2.24) is 4.90 Å². The van der Waals surface area contributed by atoms with Crippen LogP contribution in [-0.4, -0.2) is 35.1 Å². The molecule has 1 saturated heterocycles. The summed E-state index contributed by atoms with van der Waals surface area (Å²) in [6.45, 7) is 5.99. The maximum atomic E-state index is 10.8. The van der Waals surface area contributed by atoms with Crippen LogP contribution in [0.2, 0.25) is 0 Å². The lowest BCUT2D eigenvalue weighted by Crippen LogP contribution is -2.46. The molecule has 0 amide bonds. The van der Waals surface area contributed by atoms with Gasteiger partial charge in [0.15, 0.2) is 0 Å². The first-order valence-electron chi connectivity index (χ1n) is 4.62. The SMILES string of the molecule is CCN1CC(C)CCC1C(=O)O. The summed E-state index contributed by atoms with van der Waals surface area (Å²) >= 11 is 0. The highest BCUT2D eigenvalue weighted by Gasteiger charge is 2.29. The number of rotatable bonds is 2. The molecule has 0 spiro atoms. The number of piperidine rings is 1. The van der Waals surface area contributed by atoms with Crippen molar-refractivity contribution in [3.63, 3.8) is 0 Å². The van der Waals surface area contributed by atoms with E-state index in [0.29, 0.717) is 5.92 Å². The van der Waals surface area contributed by atoms with Crippen LogP contribution < -0.4 is 0 Å². The van der Waals surface area contributed by atoms with Crippen LogP contribution >= 0.6 is 0 Å². The van der Waals surface area contributed by atoms with E-state index in [1.54, 1.807) is 0 Å². The minimum atomic E-state index is -0.663. The van der Waals surface area contributed by atoms with Crippen molar-refractivity contribution in [1.29, 1.82) is 0 Å². The largest absolute Gasteiger partial charge is 0.480 e. The lowest BCUT2D eigenvalue weighted by molar-refractivity contribution is -0.145. The fourth-order valence-corrected chi connectivity index (χ4v) is 1.87. The average Bonchev–Trinajstić information content (AvgIpc) is 2.03. The fourth-order valence-electron chi connectivity index (χ4n) is 1.87. The van der Waals surface area contributed by atoms with Crippen LogP contribution in [0.15, 0.2) is 0 Å². The third kappa shape index (κ3) is 1.97. The van der Waals surface area contributed by atoms with Crippen molar-refractivity contribution in [3.8, 4) is 0 Å². The lowest BCUT2D eigenvalue weighted by Gasteiger charge is -2.35. The van der Waals surface area contributed by atoms with E-state index in [2.05, 4.69) is 11.8 Å². The summed E-state index contributed by atoms with van der Waals surface area (Å²) < 4.78 is 0. The van der Waals surface area contributed by atoms with Crippen LogP contribution in [0, 0.1) is 5.92 Å². The third-order valence-electron chi connectivity index (χ3n) is 2.61. The van der Waals surface area contributed by atoms with Gasteiger partial charge in [-0.25, -0.2) is 0 Å². The Morgan fingerprint density at radius 1 is 1.58 bits per heavy atom. The maximum Gasteiger partial charge on any atom is 0.320 e. The Morgan fingerprint density at radius 2 is 2.25 bits per heavy atom. The van der Waals surface area contributed by atoms with Crippen LogP contribution in [-0.2, 0) is 4.79 Å².